The largest absolute Gasteiger partial charge is 0.482 e. The first-order valence-electron chi connectivity index (χ1n) is 10.2. The highest BCUT2D eigenvalue weighted by molar-refractivity contribution is 5.89. The number of amides is 2. The molecule has 1 unspecified atom stereocenters. The lowest BCUT2D eigenvalue weighted by Gasteiger charge is -2.23. The number of nitrogens with zero attached hydrogens (tertiary/aromatic N) is 1. The average Bonchev–Trinajstić information content (AvgIpc) is 3.08. The number of carbonyl (C=O) groups is 2. The van der Waals surface area contributed by atoms with E-state index in [1.165, 1.54) is 0 Å². The van der Waals surface area contributed by atoms with Crippen LogP contribution in [0.1, 0.15) is 59.6 Å². The summed E-state index contributed by atoms with van der Waals surface area (Å²) in [5.74, 6) is 0.568. The van der Waals surface area contributed by atoms with E-state index in [0.29, 0.717) is 25.3 Å². The molecule has 2 amide bonds. The zero-order valence-corrected chi connectivity index (χ0v) is 18.3. The summed E-state index contributed by atoms with van der Waals surface area (Å²) < 4.78 is 11.2. The summed E-state index contributed by atoms with van der Waals surface area (Å²) in [5, 5.41) is 3.88. The Morgan fingerprint density at radius 2 is 1.86 bits per heavy atom. The molecule has 0 aliphatic carbocycles. The van der Waals surface area contributed by atoms with Gasteiger partial charge in [-0.25, -0.2) is 4.79 Å². The van der Waals surface area contributed by atoms with Gasteiger partial charge in [-0.05, 0) is 52.7 Å². The summed E-state index contributed by atoms with van der Waals surface area (Å²) in [6, 6.07) is 5.49. The van der Waals surface area contributed by atoms with Gasteiger partial charge in [-0.15, -0.1) is 0 Å². The maximum atomic E-state index is 12.2. The van der Waals surface area contributed by atoms with E-state index in [4.69, 9.17) is 9.47 Å². The smallest absolute Gasteiger partial charge is 0.408 e. The van der Waals surface area contributed by atoms with Gasteiger partial charge in [0.25, 0.3) is 5.91 Å². The Morgan fingerprint density at radius 3 is 2.45 bits per heavy atom. The van der Waals surface area contributed by atoms with Crippen LogP contribution in [0.15, 0.2) is 24.4 Å². The number of ether oxygens (including phenoxy) is 2. The van der Waals surface area contributed by atoms with Gasteiger partial charge < -0.3 is 24.7 Å². The van der Waals surface area contributed by atoms with Crippen LogP contribution in [0.2, 0.25) is 0 Å². The van der Waals surface area contributed by atoms with Crippen LogP contribution in [0.25, 0.3) is 10.9 Å². The normalized spacial score (nSPS) is 12.5. The summed E-state index contributed by atoms with van der Waals surface area (Å²) in [6.45, 7) is 12.7. The topological polar surface area (TPSA) is 83.7 Å². The molecule has 0 spiro atoms. The molecule has 7 nitrogen and oxygen atoms in total. The number of benzene rings is 1. The fourth-order valence-electron chi connectivity index (χ4n) is 3.21. The highest BCUT2D eigenvalue weighted by Gasteiger charge is 2.22. The number of aromatic amines is 1. The van der Waals surface area contributed by atoms with E-state index >= 15 is 0 Å². The molecule has 0 saturated heterocycles. The Hall–Kier alpha value is -2.70. The van der Waals surface area contributed by atoms with Crippen LogP contribution in [-0.4, -0.2) is 47.2 Å². The van der Waals surface area contributed by atoms with Crippen molar-refractivity contribution in [3.05, 3.63) is 30.0 Å². The molecule has 0 aliphatic heterocycles. The molecule has 0 aliphatic rings. The van der Waals surface area contributed by atoms with Gasteiger partial charge in [0.2, 0.25) is 0 Å². The molecule has 0 bridgehead atoms. The number of likely N-dealkylation sites (N-methyl/N-ethyl adjacent to an activating group) is 1. The zero-order valence-electron chi connectivity index (χ0n) is 18.3. The molecule has 2 N–H and O–H groups in total. The monoisotopic (exact) mass is 403 g/mol. The van der Waals surface area contributed by atoms with Gasteiger partial charge in [0.05, 0.1) is 11.6 Å². The Labute approximate surface area is 172 Å². The van der Waals surface area contributed by atoms with Gasteiger partial charge in [-0.2, -0.15) is 0 Å². The predicted molar refractivity (Wildman–Crippen MR) is 114 cm³/mol. The van der Waals surface area contributed by atoms with Crippen molar-refractivity contribution in [2.75, 3.05) is 19.7 Å². The second-order valence-electron chi connectivity index (χ2n) is 7.88. The first kappa shape index (κ1) is 22.6. The first-order chi connectivity index (χ1) is 13.7. The van der Waals surface area contributed by atoms with Crippen molar-refractivity contribution in [2.45, 2.75) is 59.6 Å². The van der Waals surface area contributed by atoms with E-state index < -0.39 is 11.7 Å². The van der Waals surface area contributed by atoms with E-state index in [-0.39, 0.29) is 18.6 Å². The maximum absolute atomic E-state index is 12.2. The second kappa shape index (κ2) is 9.67. The van der Waals surface area contributed by atoms with Crippen LogP contribution in [-0.2, 0) is 9.53 Å². The number of nitrogens with one attached hydrogen (secondary N) is 2. The van der Waals surface area contributed by atoms with Crippen molar-refractivity contribution in [1.82, 2.24) is 15.2 Å². The van der Waals surface area contributed by atoms with Crippen LogP contribution in [0.5, 0.6) is 5.75 Å². The summed E-state index contributed by atoms with van der Waals surface area (Å²) in [7, 11) is 0. The van der Waals surface area contributed by atoms with E-state index in [9.17, 15) is 9.59 Å². The molecule has 7 heteroatoms. The van der Waals surface area contributed by atoms with Gasteiger partial charge in [0, 0.05) is 24.7 Å². The molecule has 1 aromatic heterocycles. The summed E-state index contributed by atoms with van der Waals surface area (Å²) in [6.07, 6.45) is 2.13. The minimum absolute atomic E-state index is 0.0114. The lowest BCUT2D eigenvalue weighted by Crippen LogP contribution is -2.34. The lowest BCUT2D eigenvalue weighted by atomic mass is 10.0. The van der Waals surface area contributed by atoms with E-state index in [2.05, 4.69) is 10.3 Å². The first-order valence-corrected chi connectivity index (χ1v) is 10.2. The Balaban J connectivity index is 2.19. The number of fused-ring (bicyclic) bond motifs is 1. The molecule has 0 saturated carbocycles. The molecular weight excluding hydrogens is 370 g/mol. The molecule has 1 atom stereocenters. The third-order valence-corrected chi connectivity index (χ3v) is 4.65. The fourth-order valence-corrected chi connectivity index (χ4v) is 3.21. The van der Waals surface area contributed by atoms with E-state index in [0.717, 1.165) is 16.5 Å². The molecule has 29 heavy (non-hydrogen) atoms. The number of alkyl carbamates (subject to hydrolysis) is 1. The van der Waals surface area contributed by atoms with Crippen molar-refractivity contribution in [3.8, 4) is 5.75 Å². The Kier molecular flexibility index (Phi) is 7.53. The molecule has 160 valence electrons. The maximum Gasteiger partial charge on any atom is 0.408 e. The fraction of sp³-hybridized carbons (Fsp3) is 0.545. The van der Waals surface area contributed by atoms with Crippen molar-refractivity contribution < 1.29 is 19.1 Å². The predicted octanol–water partition coefficient (Wildman–Crippen LogP) is 4.39. The van der Waals surface area contributed by atoms with E-state index in [1.54, 1.807) is 4.90 Å². The molecule has 1 aromatic carbocycles. The highest BCUT2D eigenvalue weighted by atomic mass is 16.6. The number of carbonyl (C=O) groups excluding carboxylic acids is 2. The van der Waals surface area contributed by atoms with Crippen LogP contribution in [0.4, 0.5) is 4.79 Å². The van der Waals surface area contributed by atoms with Gasteiger partial charge in [0.1, 0.15) is 11.4 Å². The van der Waals surface area contributed by atoms with Crippen LogP contribution < -0.4 is 10.1 Å². The van der Waals surface area contributed by atoms with Gasteiger partial charge in [0.15, 0.2) is 6.61 Å². The average molecular weight is 404 g/mol. The molecule has 1 heterocycles. The quantitative estimate of drug-likeness (QED) is 0.685. The lowest BCUT2D eigenvalue weighted by molar-refractivity contribution is -0.132. The van der Waals surface area contributed by atoms with Crippen molar-refractivity contribution in [3.63, 3.8) is 0 Å². The number of aromatic nitrogens is 1. The van der Waals surface area contributed by atoms with Gasteiger partial charge in [-0.1, -0.05) is 19.1 Å². The van der Waals surface area contributed by atoms with Crippen LogP contribution >= 0.6 is 0 Å². The second-order valence-corrected chi connectivity index (χ2v) is 7.88. The van der Waals surface area contributed by atoms with Crippen molar-refractivity contribution >= 4 is 22.9 Å². The third-order valence-electron chi connectivity index (χ3n) is 4.65. The number of para-hydroxylation sites is 1. The SMILES string of the molecule is CCC(NC(=O)OC(C)(C)C)c1c[nH]c2c(OCC(=O)N(CC)CC)cccc12. The molecule has 0 fully saturated rings. The number of rotatable bonds is 8. The standard InChI is InChI=1S/C22H33N3O4/c1-7-17(24-21(27)29-22(4,5)6)16-13-23-20-15(16)11-10-12-18(20)28-14-19(26)25(8-2)9-3/h10-13,17,23H,7-9,14H2,1-6H3,(H,24,27). The van der Waals surface area contributed by atoms with Gasteiger partial charge in [-0.3, -0.25) is 4.79 Å². The summed E-state index contributed by atoms with van der Waals surface area (Å²) in [4.78, 5) is 29.4. The minimum atomic E-state index is -0.555. The molecule has 2 aromatic rings. The number of hydrogen-bond donors (Lipinski definition) is 2. The Bertz CT molecular complexity index is 834. The van der Waals surface area contributed by atoms with E-state index in [1.807, 2.05) is 65.9 Å². The number of hydrogen-bond acceptors (Lipinski definition) is 4. The minimum Gasteiger partial charge on any atom is -0.482 e. The molecular formula is C22H33N3O4. The van der Waals surface area contributed by atoms with Crippen molar-refractivity contribution in [2.24, 2.45) is 0 Å². The Morgan fingerprint density at radius 1 is 1.17 bits per heavy atom. The zero-order chi connectivity index (χ0) is 21.6. The molecule has 0 radical (unpaired) electrons. The van der Waals surface area contributed by atoms with Gasteiger partial charge >= 0.3 is 6.09 Å². The molecule has 2 rings (SSSR count). The summed E-state index contributed by atoms with van der Waals surface area (Å²) in [5.41, 5.74) is 1.20. The van der Waals surface area contributed by atoms with Crippen molar-refractivity contribution in [1.29, 1.82) is 0 Å². The van der Waals surface area contributed by atoms with Crippen LogP contribution in [0, 0.1) is 0 Å². The summed E-state index contributed by atoms with van der Waals surface area (Å²) >= 11 is 0. The highest BCUT2D eigenvalue weighted by Crippen LogP contribution is 2.32. The van der Waals surface area contributed by atoms with Crippen LogP contribution in [0.3, 0.4) is 0 Å². The third kappa shape index (κ3) is 5.89. The number of H-pyrrole nitrogens is 1.